The number of carbonyl (C=O) groups is 2. The Morgan fingerprint density at radius 2 is 1.31 bits per heavy atom. The van der Waals surface area contributed by atoms with Crippen LogP contribution in [0.3, 0.4) is 0 Å². The summed E-state index contributed by atoms with van der Waals surface area (Å²) >= 11 is 0. The van der Waals surface area contributed by atoms with E-state index in [1.54, 1.807) is 54.6 Å². The van der Waals surface area contributed by atoms with Gasteiger partial charge >= 0.3 is 11.9 Å². The number of nitro groups is 1. The van der Waals surface area contributed by atoms with Crippen molar-refractivity contribution in [3.05, 3.63) is 99.6 Å². The monoisotopic (exact) mass is 497 g/mol. The third-order valence-electron chi connectivity index (χ3n) is 4.99. The van der Waals surface area contributed by atoms with Gasteiger partial charge in [-0.05, 0) is 54.3 Å². The highest BCUT2D eigenvalue weighted by Crippen LogP contribution is 2.21. The van der Waals surface area contributed by atoms with Crippen molar-refractivity contribution in [2.45, 2.75) is 31.5 Å². The Kier molecular flexibility index (Phi) is 10.3. The van der Waals surface area contributed by atoms with E-state index in [9.17, 15) is 19.7 Å². The summed E-state index contributed by atoms with van der Waals surface area (Å²) in [5.74, 6) is -1.38. The molecule has 190 valence electrons. The van der Waals surface area contributed by atoms with Crippen LogP contribution in [-0.4, -0.2) is 44.3 Å². The second kappa shape index (κ2) is 13.4. The van der Waals surface area contributed by atoms with Crippen molar-refractivity contribution in [2.75, 3.05) is 0 Å². The number of nitrogens with zero attached hydrogens (tertiary/aromatic N) is 1. The number of aromatic hydroxyl groups is 1. The van der Waals surface area contributed by atoms with Crippen molar-refractivity contribution in [3.8, 4) is 11.5 Å². The van der Waals surface area contributed by atoms with Gasteiger partial charge in [-0.25, -0.2) is 0 Å². The Balaban J connectivity index is 0.000000297. The third-order valence-corrected chi connectivity index (χ3v) is 4.99. The summed E-state index contributed by atoms with van der Waals surface area (Å²) in [6.07, 6.45) is 0.495. The molecule has 0 amide bonds. The highest BCUT2D eigenvalue weighted by molar-refractivity contribution is 5.73. The second-order valence-electron chi connectivity index (χ2n) is 7.78. The molecule has 0 aliphatic rings. The predicted molar refractivity (Wildman–Crippen MR) is 131 cm³/mol. The van der Waals surface area contributed by atoms with Crippen LogP contribution < -0.4 is 16.2 Å². The summed E-state index contributed by atoms with van der Waals surface area (Å²) in [5.41, 5.74) is 12.9. The Labute approximate surface area is 206 Å². The number of aliphatic carboxylic acids is 2. The maximum Gasteiger partial charge on any atom is 0.320 e. The van der Waals surface area contributed by atoms with Gasteiger partial charge in [-0.15, -0.1) is 0 Å². The lowest BCUT2D eigenvalue weighted by atomic mass is 10.1. The largest absolute Gasteiger partial charge is 0.508 e. The number of phenolic OH excluding ortho intramolecular Hbond substituents is 1. The highest BCUT2D eigenvalue weighted by atomic mass is 16.6. The Morgan fingerprint density at radius 1 is 0.833 bits per heavy atom. The summed E-state index contributed by atoms with van der Waals surface area (Å²) in [5, 5.41) is 37.2. The van der Waals surface area contributed by atoms with Crippen LogP contribution in [-0.2, 0) is 29.0 Å². The number of carboxylic acids is 2. The number of nitro benzene ring substituents is 1. The average molecular weight is 498 g/mol. The van der Waals surface area contributed by atoms with Gasteiger partial charge in [0.05, 0.1) is 10.5 Å². The number of benzene rings is 3. The molecule has 2 unspecified atom stereocenters. The molecular weight excluding hydrogens is 470 g/mol. The molecule has 0 aromatic heterocycles. The van der Waals surface area contributed by atoms with Crippen LogP contribution in [0.1, 0.15) is 16.7 Å². The molecule has 3 aromatic rings. The standard InChI is InChI=1S/C16H16N2O5.C9H11NO3/c17-14(16(19)20)9-11-5-7-13(8-6-11)23-10-12-3-1-2-4-15(12)18(21)22;10-8(9(12)13)5-6-1-3-7(11)4-2-6/h1-8,14H,9-10,17H2,(H,19,20);1-4,8,11H,5,10H2,(H,12,13). The number of hydrogen-bond acceptors (Lipinski definition) is 8. The molecule has 36 heavy (non-hydrogen) atoms. The second-order valence-corrected chi connectivity index (χ2v) is 7.78. The smallest absolute Gasteiger partial charge is 0.320 e. The predicted octanol–water partition coefficient (Wildman–Crippen LogP) is 2.47. The van der Waals surface area contributed by atoms with Crippen molar-refractivity contribution in [3.63, 3.8) is 0 Å². The number of carboxylic acid groups (broad SMARTS) is 2. The van der Waals surface area contributed by atoms with E-state index in [-0.39, 0.29) is 30.9 Å². The maximum atomic E-state index is 10.9. The fourth-order valence-electron chi connectivity index (χ4n) is 3.01. The van der Waals surface area contributed by atoms with E-state index in [0.29, 0.717) is 11.3 Å². The van der Waals surface area contributed by atoms with Gasteiger partial charge in [-0.1, -0.05) is 36.4 Å². The summed E-state index contributed by atoms with van der Waals surface area (Å²) in [6, 6.07) is 17.6. The third kappa shape index (κ3) is 9.05. The Bertz CT molecular complexity index is 1170. The molecule has 7 N–H and O–H groups in total. The number of rotatable bonds is 10. The first-order valence-corrected chi connectivity index (χ1v) is 10.8. The lowest BCUT2D eigenvalue weighted by Crippen LogP contribution is -2.32. The lowest BCUT2D eigenvalue weighted by molar-refractivity contribution is -0.385. The number of para-hydroxylation sites is 1. The number of hydrogen-bond donors (Lipinski definition) is 5. The molecule has 0 aliphatic heterocycles. The van der Waals surface area contributed by atoms with Gasteiger partial charge < -0.3 is 31.5 Å². The maximum absolute atomic E-state index is 10.9. The summed E-state index contributed by atoms with van der Waals surface area (Å²) in [6.45, 7) is 0.0745. The number of ether oxygens (including phenoxy) is 1. The van der Waals surface area contributed by atoms with E-state index in [1.165, 1.54) is 18.2 Å². The Hall–Kier alpha value is -4.48. The van der Waals surface area contributed by atoms with Crippen molar-refractivity contribution in [1.82, 2.24) is 0 Å². The summed E-state index contributed by atoms with van der Waals surface area (Å²) < 4.78 is 5.54. The van der Waals surface area contributed by atoms with Crippen LogP contribution in [0.25, 0.3) is 0 Å². The van der Waals surface area contributed by atoms with Crippen LogP contribution in [0.15, 0.2) is 72.8 Å². The van der Waals surface area contributed by atoms with E-state index in [4.69, 9.17) is 31.5 Å². The first kappa shape index (κ1) is 27.8. The van der Waals surface area contributed by atoms with Crippen molar-refractivity contribution < 1.29 is 34.6 Å². The molecule has 0 heterocycles. The van der Waals surface area contributed by atoms with Gasteiger partial charge in [0.25, 0.3) is 5.69 Å². The molecule has 0 bridgehead atoms. The van der Waals surface area contributed by atoms with E-state index < -0.39 is 28.9 Å². The van der Waals surface area contributed by atoms with E-state index in [1.807, 2.05) is 0 Å². The molecule has 0 aliphatic carbocycles. The normalized spacial score (nSPS) is 11.9. The Morgan fingerprint density at radius 3 is 1.78 bits per heavy atom. The molecule has 0 saturated carbocycles. The van der Waals surface area contributed by atoms with Gasteiger partial charge in [0.2, 0.25) is 0 Å². The van der Waals surface area contributed by atoms with Gasteiger partial charge in [0.15, 0.2) is 0 Å². The van der Waals surface area contributed by atoms with Gasteiger partial charge in [-0.3, -0.25) is 19.7 Å². The zero-order valence-electron chi connectivity index (χ0n) is 19.2. The molecule has 0 spiro atoms. The minimum Gasteiger partial charge on any atom is -0.508 e. The summed E-state index contributed by atoms with van der Waals surface area (Å²) in [4.78, 5) is 31.6. The van der Waals surface area contributed by atoms with Gasteiger partial charge in [0.1, 0.15) is 30.2 Å². The topological polar surface area (TPSA) is 199 Å². The number of phenols is 1. The van der Waals surface area contributed by atoms with E-state index >= 15 is 0 Å². The molecular formula is C25H27N3O8. The molecule has 0 radical (unpaired) electrons. The number of nitrogens with two attached hydrogens (primary N) is 2. The molecule has 3 aromatic carbocycles. The fraction of sp³-hybridized carbons (Fsp3) is 0.200. The summed E-state index contributed by atoms with van der Waals surface area (Å²) in [7, 11) is 0. The molecule has 0 fully saturated rings. The fourth-order valence-corrected chi connectivity index (χ4v) is 3.01. The minimum absolute atomic E-state index is 0.0107. The molecule has 11 heteroatoms. The minimum atomic E-state index is -1.05. The first-order chi connectivity index (χ1) is 17.1. The molecule has 2 atom stereocenters. The molecule has 0 saturated heterocycles. The van der Waals surface area contributed by atoms with Crippen LogP contribution in [0, 0.1) is 10.1 Å². The van der Waals surface area contributed by atoms with E-state index in [0.717, 1.165) is 11.1 Å². The molecule has 3 rings (SSSR count). The van der Waals surface area contributed by atoms with Crippen molar-refractivity contribution >= 4 is 17.6 Å². The van der Waals surface area contributed by atoms with Crippen LogP contribution in [0.2, 0.25) is 0 Å². The van der Waals surface area contributed by atoms with Crippen molar-refractivity contribution in [1.29, 1.82) is 0 Å². The van der Waals surface area contributed by atoms with Gasteiger partial charge in [0, 0.05) is 6.07 Å². The average Bonchev–Trinajstić information content (AvgIpc) is 2.85. The first-order valence-electron chi connectivity index (χ1n) is 10.8. The van der Waals surface area contributed by atoms with Crippen LogP contribution in [0.5, 0.6) is 11.5 Å². The molecule has 11 nitrogen and oxygen atoms in total. The zero-order valence-corrected chi connectivity index (χ0v) is 19.2. The van der Waals surface area contributed by atoms with Crippen LogP contribution in [0.4, 0.5) is 5.69 Å². The SMILES string of the molecule is NC(Cc1ccc(O)cc1)C(=O)O.NC(Cc1ccc(OCc2ccccc2[N+](=O)[O-])cc1)C(=O)O. The highest BCUT2D eigenvalue weighted by Gasteiger charge is 2.14. The lowest BCUT2D eigenvalue weighted by Gasteiger charge is -2.09. The van der Waals surface area contributed by atoms with Gasteiger partial charge in [-0.2, -0.15) is 0 Å². The van der Waals surface area contributed by atoms with Crippen LogP contribution >= 0.6 is 0 Å². The van der Waals surface area contributed by atoms with Crippen molar-refractivity contribution in [2.24, 2.45) is 11.5 Å². The zero-order chi connectivity index (χ0) is 26.7. The quantitative estimate of drug-likeness (QED) is 0.205. The van der Waals surface area contributed by atoms with E-state index in [2.05, 4.69) is 0 Å².